The molecule has 0 saturated carbocycles. The minimum absolute atomic E-state index is 0.0404. The minimum atomic E-state index is -0.994. The van der Waals surface area contributed by atoms with Crippen LogP contribution >= 0.6 is 23.1 Å². The van der Waals surface area contributed by atoms with Gasteiger partial charge < -0.3 is 9.64 Å². The van der Waals surface area contributed by atoms with Gasteiger partial charge in [0, 0.05) is 4.90 Å². The van der Waals surface area contributed by atoms with E-state index in [1.807, 2.05) is 25.1 Å². The lowest BCUT2D eigenvalue weighted by Gasteiger charge is -2.33. The molecule has 9 heteroatoms. The van der Waals surface area contributed by atoms with Crippen molar-refractivity contribution in [1.29, 1.82) is 0 Å². The fourth-order valence-corrected chi connectivity index (χ4v) is 5.43. The summed E-state index contributed by atoms with van der Waals surface area (Å²) in [6.45, 7) is 3.99. The molecule has 1 amide bonds. The first-order valence-electron chi connectivity index (χ1n) is 9.35. The summed E-state index contributed by atoms with van der Waals surface area (Å²) in [6.07, 6.45) is -0.0408. The van der Waals surface area contributed by atoms with Gasteiger partial charge in [0.1, 0.15) is 10.5 Å². The van der Waals surface area contributed by atoms with Crippen molar-refractivity contribution in [3.8, 4) is 0 Å². The van der Waals surface area contributed by atoms with Crippen LogP contribution < -0.4 is 4.90 Å². The number of esters is 1. The van der Waals surface area contributed by atoms with Crippen molar-refractivity contribution in [2.45, 2.75) is 37.0 Å². The van der Waals surface area contributed by atoms with Crippen molar-refractivity contribution >= 4 is 50.9 Å². The number of aromatic nitrogens is 1. The van der Waals surface area contributed by atoms with Gasteiger partial charge in [-0.1, -0.05) is 6.07 Å². The minimum Gasteiger partial charge on any atom is -0.466 e. The number of fused-ring (bicyclic) bond motifs is 2. The third-order valence-corrected chi connectivity index (χ3v) is 6.92. The molecule has 1 aliphatic rings. The van der Waals surface area contributed by atoms with E-state index in [2.05, 4.69) is 4.98 Å². The number of ether oxygens (including phenoxy) is 1. The Labute approximate surface area is 180 Å². The van der Waals surface area contributed by atoms with E-state index in [9.17, 15) is 18.4 Å². The number of amides is 1. The van der Waals surface area contributed by atoms with Gasteiger partial charge in [0.15, 0.2) is 11.6 Å². The maximum absolute atomic E-state index is 14.1. The average Bonchev–Trinajstić information content (AvgIpc) is 3.12. The fraction of sp³-hybridized carbons (Fsp3) is 0.286. The molecule has 0 fully saturated rings. The summed E-state index contributed by atoms with van der Waals surface area (Å²) in [4.78, 5) is 31.9. The number of thioether (sulfide) groups is 1. The Bertz CT molecular complexity index is 1150. The van der Waals surface area contributed by atoms with Gasteiger partial charge in [-0.2, -0.15) is 0 Å². The number of thiazole rings is 1. The first kappa shape index (κ1) is 20.7. The van der Waals surface area contributed by atoms with E-state index < -0.39 is 22.9 Å². The zero-order valence-electron chi connectivity index (χ0n) is 16.3. The monoisotopic (exact) mass is 448 g/mol. The number of rotatable bonds is 5. The molecule has 1 aliphatic heterocycles. The van der Waals surface area contributed by atoms with Crippen LogP contribution in [0.5, 0.6) is 0 Å². The quantitative estimate of drug-likeness (QED) is 0.523. The molecular weight excluding hydrogens is 430 g/mol. The predicted molar refractivity (Wildman–Crippen MR) is 113 cm³/mol. The molecule has 1 atom stereocenters. The second-order valence-electron chi connectivity index (χ2n) is 6.83. The van der Waals surface area contributed by atoms with Gasteiger partial charge in [-0.3, -0.25) is 9.59 Å². The number of carbonyl (C=O) groups is 2. The van der Waals surface area contributed by atoms with Gasteiger partial charge in [0.25, 0.3) is 0 Å². The Morgan fingerprint density at radius 3 is 2.83 bits per heavy atom. The van der Waals surface area contributed by atoms with E-state index in [4.69, 9.17) is 4.74 Å². The first-order chi connectivity index (χ1) is 14.4. The molecule has 3 aromatic rings. The van der Waals surface area contributed by atoms with Crippen molar-refractivity contribution in [2.24, 2.45) is 0 Å². The predicted octanol–water partition coefficient (Wildman–Crippen LogP) is 4.84. The van der Waals surface area contributed by atoms with E-state index in [1.165, 1.54) is 29.2 Å². The summed E-state index contributed by atoms with van der Waals surface area (Å²) in [5.74, 6) is -2.62. The lowest BCUT2D eigenvalue weighted by Crippen LogP contribution is -2.41. The Morgan fingerprint density at radius 2 is 2.07 bits per heavy atom. The van der Waals surface area contributed by atoms with E-state index in [-0.39, 0.29) is 31.0 Å². The summed E-state index contributed by atoms with van der Waals surface area (Å²) in [5, 5.41) is -0.139. The van der Waals surface area contributed by atoms with Gasteiger partial charge >= 0.3 is 5.97 Å². The van der Waals surface area contributed by atoms with Gasteiger partial charge in [0.2, 0.25) is 5.91 Å². The third kappa shape index (κ3) is 3.91. The van der Waals surface area contributed by atoms with Crippen molar-refractivity contribution in [3.63, 3.8) is 0 Å². The summed E-state index contributed by atoms with van der Waals surface area (Å²) >= 11 is 2.54. The van der Waals surface area contributed by atoms with Crippen LogP contribution in [-0.4, -0.2) is 28.7 Å². The Kier molecular flexibility index (Phi) is 5.75. The molecule has 0 radical (unpaired) electrons. The van der Waals surface area contributed by atoms with Gasteiger partial charge in [-0.15, -0.1) is 23.1 Å². The van der Waals surface area contributed by atoms with Crippen molar-refractivity contribution < 1.29 is 23.1 Å². The zero-order valence-corrected chi connectivity index (χ0v) is 17.9. The van der Waals surface area contributed by atoms with Crippen LogP contribution in [0.1, 0.15) is 23.9 Å². The molecule has 1 aromatic heterocycles. The van der Waals surface area contributed by atoms with E-state index in [1.54, 1.807) is 11.8 Å². The number of anilines is 1. The third-order valence-electron chi connectivity index (χ3n) is 4.66. The summed E-state index contributed by atoms with van der Waals surface area (Å²) in [7, 11) is 0. The molecular formula is C21H18F2N2O3S2. The second-order valence-corrected chi connectivity index (χ2v) is 9.19. The maximum atomic E-state index is 14.1. The molecule has 156 valence electrons. The van der Waals surface area contributed by atoms with Crippen LogP contribution in [0.2, 0.25) is 0 Å². The standard InChI is InChI=1S/C21H18F2N2O3S2/c1-3-28-18(26)9-16-21(27)25(13-8-11(2)4-6-14(13)29-16)10-17-24-20-15(30-17)7-5-12(22)19(20)23/h4-8,16H,3,9-10H2,1-2H3. The van der Waals surface area contributed by atoms with E-state index >= 15 is 0 Å². The highest BCUT2D eigenvalue weighted by Crippen LogP contribution is 2.42. The molecule has 1 unspecified atom stereocenters. The first-order valence-corrected chi connectivity index (χ1v) is 11.0. The van der Waals surface area contributed by atoms with Crippen LogP contribution in [-0.2, 0) is 20.9 Å². The average molecular weight is 449 g/mol. The second kappa shape index (κ2) is 8.31. The lowest BCUT2D eigenvalue weighted by atomic mass is 10.1. The van der Waals surface area contributed by atoms with Crippen LogP contribution in [0, 0.1) is 18.6 Å². The Balaban J connectivity index is 1.69. The number of hydrogen-bond acceptors (Lipinski definition) is 6. The number of carbonyl (C=O) groups excluding carboxylic acids is 2. The Morgan fingerprint density at radius 1 is 1.27 bits per heavy atom. The lowest BCUT2D eigenvalue weighted by molar-refractivity contribution is -0.144. The molecule has 0 spiro atoms. The smallest absolute Gasteiger partial charge is 0.307 e. The van der Waals surface area contributed by atoms with Crippen LogP contribution in [0.15, 0.2) is 35.2 Å². The maximum Gasteiger partial charge on any atom is 0.307 e. The molecule has 0 saturated heterocycles. The van der Waals surface area contributed by atoms with Crippen LogP contribution in [0.25, 0.3) is 10.2 Å². The normalized spacial score (nSPS) is 16.1. The number of benzene rings is 2. The Hall–Kier alpha value is -2.52. The SMILES string of the molecule is CCOC(=O)CC1Sc2ccc(C)cc2N(Cc2nc3c(F)c(F)ccc3s2)C1=O. The van der Waals surface area contributed by atoms with Crippen LogP contribution in [0.3, 0.4) is 0 Å². The summed E-state index contributed by atoms with van der Waals surface area (Å²) < 4.78 is 33.1. The molecule has 0 bridgehead atoms. The molecule has 5 nitrogen and oxygen atoms in total. The number of nitrogens with zero attached hydrogens (tertiary/aromatic N) is 2. The fourth-order valence-electron chi connectivity index (χ4n) is 3.28. The van der Waals surface area contributed by atoms with Crippen molar-refractivity contribution in [1.82, 2.24) is 4.98 Å². The number of halogens is 2. The molecule has 4 rings (SSSR count). The van der Waals surface area contributed by atoms with Gasteiger partial charge in [-0.05, 0) is 43.7 Å². The summed E-state index contributed by atoms with van der Waals surface area (Å²) in [5.41, 5.74) is 1.66. The molecule has 2 heterocycles. The van der Waals surface area contributed by atoms with E-state index in [0.29, 0.717) is 9.71 Å². The van der Waals surface area contributed by atoms with Gasteiger partial charge in [0.05, 0.1) is 35.2 Å². The highest BCUT2D eigenvalue weighted by atomic mass is 32.2. The summed E-state index contributed by atoms with van der Waals surface area (Å²) in [6, 6.07) is 8.30. The van der Waals surface area contributed by atoms with Crippen molar-refractivity contribution in [2.75, 3.05) is 11.5 Å². The van der Waals surface area contributed by atoms with Crippen molar-refractivity contribution in [3.05, 3.63) is 52.5 Å². The highest BCUT2D eigenvalue weighted by Gasteiger charge is 2.36. The number of hydrogen-bond donors (Lipinski definition) is 0. The van der Waals surface area contributed by atoms with E-state index in [0.717, 1.165) is 22.2 Å². The van der Waals surface area contributed by atoms with Crippen LogP contribution in [0.4, 0.5) is 14.5 Å². The van der Waals surface area contributed by atoms with Gasteiger partial charge in [-0.25, -0.2) is 13.8 Å². The largest absolute Gasteiger partial charge is 0.466 e. The molecule has 2 aromatic carbocycles. The molecule has 0 N–H and O–H groups in total. The molecule has 30 heavy (non-hydrogen) atoms. The highest BCUT2D eigenvalue weighted by molar-refractivity contribution is 8.01. The topological polar surface area (TPSA) is 59.5 Å². The zero-order chi connectivity index (χ0) is 21.4. The molecule has 0 aliphatic carbocycles. The number of aryl methyl sites for hydroxylation is 1.